The van der Waals surface area contributed by atoms with Gasteiger partial charge in [-0.3, -0.25) is 9.59 Å². The number of carbonyl (C=O) groups is 2. The lowest BCUT2D eigenvalue weighted by Gasteiger charge is -2.18. The van der Waals surface area contributed by atoms with E-state index in [1.807, 2.05) is 31.2 Å². The number of hydrogen-bond acceptors (Lipinski definition) is 3. The van der Waals surface area contributed by atoms with E-state index in [1.165, 1.54) is 0 Å². The molecule has 1 fully saturated rings. The van der Waals surface area contributed by atoms with Gasteiger partial charge in [0.1, 0.15) is 5.75 Å². The SMILES string of the molecule is COc1cccc([C@@H](C)NC(=O)C2CCC(C(=O)O)C2)c1. The van der Waals surface area contributed by atoms with Gasteiger partial charge < -0.3 is 15.2 Å². The summed E-state index contributed by atoms with van der Waals surface area (Å²) in [7, 11) is 1.60. The van der Waals surface area contributed by atoms with E-state index in [-0.39, 0.29) is 23.8 Å². The molecule has 1 aromatic carbocycles. The molecule has 0 saturated heterocycles. The molecule has 21 heavy (non-hydrogen) atoms. The molecule has 3 atom stereocenters. The predicted molar refractivity (Wildman–Crippen MR) is 78.0 cm³/mol. The van der Waals surface area contributed by atoms with Crippen molar-refractivity contribution in [3.8, 4) is 5.75 Å². The Hall–Kier alpha value is -2.04. The predicted octanol–water partition coefficient (Wildman–Crippen LogP) is 2.37. The summed E-state index contributed by atoms with van der Waals surface area (Å²) in [6.07, 6.45) is 1.67. The molecule has 2 rings (SSSR count). The van der Waals surface area contributed by atoms with Crippen LogP contribution in [0.15, 0.2) is 24.3 Å². The quantitative estimate of drug-likeness (QED) is 0.873. The molecule has 1 aliphatic carbocycles. The summed E-state index contributed by atoms with van der Waals surface area (Å²) in [5.41, 5.74) is 0.968. The van der Waals surface area contributed by atoms with E-state index in [9.17, 15) is 9.59 Å². The third-order valence-electron chi connectivity index (χ3n) is 4.11. The molecule has 1 aromatic rings. The van der Waals surface area contributed by atoms with Crippen molar-refractivity contribution in [3.05, 3.63) is 29.8 Å². The molecule has 2 unspecified atom stereocenters. The van der Waals surface area contributed by atoms with Crippen LogP contribution in [0.3, 0.4) is 0 Å². The summed E-state index contributed by atoms with van der Waals surface area (Å²) < 4.78 is 5.17. The second-order valence-electron chi connectivity index (χ2n) is 5.55. The highest BCUT2D eigenvalue weighted by atomic mass is 16.5. The summed E-state index contributed by atoms with van der Waals surface area (Å²) >= 11 is 0. The van der Waals surface area contributed by atoms with Crippen molar-refractivity contribution >= 4 is 11.9 Å². The van der Waals surface area contributed by atoms with Crippen LogP contribution in [-0.4, -0.2) is 24.1 Å². The number of benzene rings is 1. The molecule has 5 nitrogen and oxygen atoms in total. The Labute approximate surface area is 124 Å². The normalized spacial score (nSPS) is 22.6. The minimum absolute atomic E-state index is 0.0610. The smallest absolute Gasteiger partial charge is 0.306 e. The number of carboxylic acids is 1. The first-order chi connectivity index (χ1) is 10.0. The molecule has 1 aliphatic rings. The number of ether oxygens (including phenoxy) is 1. The highest BCUT2D eigenvalue weighted by molar-refractivity contribution is 5.81. The zero-order valence-corrected chi connectivity index (χ0v) is 12.3. The number of hydrogen-bond donors (Lipinski definition) is 2. The van der Waals surface area contributed by atoms with Crippen LogP contribution in [0.2, 0.25) is 0 Å². The Morgan fingerprint density at radius 3 is 2.67 bits per heavy atom. The first-order valence-electron chi connectivity index (χ1n) is 7.18. The highest BCUT2D eigenvalue weighted by Crippen LogP contribution is 2.31. The van der Waals surface area contributed by atoms with E-state index in [1.54, 1.807) is 7.11 Å². The van der Waals surface area contributed by atoms with Gasteiger partial charge in [0.05, 0.1) is 19.1 Å². The number of aliphatic carboxylic acids is 1. The van der Waals surface area contributed by atoms with Crippen molar-refractivity contribution < 1.29 is 19.4 Å². The lowest BCUT2D eigenvalue weighted by atomic mass is 10.0. The van der Waals surface area contributed by atoms with E-state index >= 15 is 0 Å². The standard InChI is InChI=1S/C16H21NO4/c1-10(11-4-3-5-14(9-11)21-2)17-15(18)12-6-7-13(8-12)16(19)20/h3-5,9-10,12-13H,6-8H2,1-2H3,(H,17,18)(H,19,20)/t10-,12?,13?/m1/s1. The lowest BCUT2D eigenvalue weighted by Crippen LogP contribution is -2.32. The maximum Gasteiger partial charge on any atom is 0.306 e. The van der Waals surface area contributed by atoms with E-state index < -0.39 is 5.97 Å². The summed E-state index contributed by atoms with van der Waals surface area (Å²) in [6, 6.07) is 7.43. The molecule has 0 spiro atoms. The Morgan fingerprint density at radius 1 is 1.33 bits per heavy atom. The second kappa shape index (κ2) is 6.61. The van der Waals surface area contributed by atoms with Gasteiger partial charge in [0.25, 0.3) is 0 Å². The fourth-order valence-corrected chi connectivity index (χ4v) is 2.77. The first kappa shape index (κ1) is 15.4. The number of rotatable bonds is 5. The largest absolute Gasteiger partial charge is 0.497 e. The Balaban J connectivity index is 1.94. The molecule has 0 aromatic heterocycles. The summed E-state index contributed by atoms with van der Waals surface area (Å²) in [5, 5.41) is 11.9. The van der Waals surface area contributed by atoms with Crippen molar-refractivity contribution in [2.75, 3.05) is 7.11 Å². The van der Waals surface area contributed by atoms with Gasteiger partial charge in [0.15, 0.2) is 0 Å². The molecule has 2 N–H and O–H groups in total. The van der Waals surface area contributed by atoms with E-state index in [0.29, 0.717) is 19.3 Å². The maximum atomic E-state index is 12.2. The topological polar surface area (TPSA) is 75.6 Å². The molecule has 1 amide bonds. The Bertz CT molecular complexity index is 529. The van der Waals surface area contributed by atoms with Crippen LogP contribution in [-0.2, 0) is 9.59 Å². The Kier molecular flexibility index (Phi) is 4.83. The van der Waals surface area contributed by atoms with Gasteiger partial charge in [-0.2, -0.15) is 0 Å². The van der Waals surface area contributed by atoms with E-state index in [2.05, 4.69) is 5.32 Å². The molecular weight excluding hydrogens is 270 g/mol. The molecule has 0 aliphatic heterocycles. The van der Waals surface area contributed by atoms with Crippen molar-refractivity contribution in [1.82, 2.24) is 5.32 Å². The van der Waals surface area contributed by atoms with Crippen LogP contribution in [0.25, 0.3) is 0 Å². The first-order valence-corrected chi connectivity index (χ1v) is 7.18. The zero-order chi connectivity index (χ0) is 15.4. The van der Waals surface area contributed by atoms with Gasteiger partial charge in [-0.05, 0) is 43.9 Å². The molecule has 0 radical (unpaired) electrons. The van der Waals surface area contributed by atoms with Crippen LogP contribution in [0.5, 0.6) is 5.75 Å². The number of methoxy groups -OCH3 is 1. The molecule has 0 heterocycles. The third kappa shape index (κ3) is 3.74. The van der Waals surface area contributed by atoms with Gasteiger partial charge in [-0.15, -0.1) is 0 Å². The number of carbonyl (C=O) groups excluding carboxylic acids is 1. The molecule has 114 valence electrons. The Morgan fingerprint density at radius 2 is 2.05 bits per heavy atom. The number of nitrogens with one attached hydrogen (secondary N) is 1. The van der Waals surface area contributed by atoms with Gasteiger partial charge in [-0.1, -0.05) is 12.1 Å². The van der Waals surface area contributed by atoms with Crippen molar-refractivity contribution in [3.63, 3.8) is 0 Å². The second-order valence-corrected chi connectivity index (χ2v) is 5.55. The minimum atomic E-state index is -0.800. The van der Waals surface area contributed by atoms with Gasteiger partial charge >= 0.3 is 5.97 Å². The summed E-state index contributed by atoms with van der Waals surface area (Å²) in [4.78, 5) is 23.2. The zero-order valence-electron chi connectivity index (χ0n) is 12.3. The van der Waals surface area contributed by atoms with Crippen LogP contribution in [0.1, 0.15) is 37.8 Å². The highest BCUT2D eigenvalue weighted by Gasteiger charge is 2.34. The van der Waals surface area contributed by atoms with Gasteiger partial charge in [0, 0.05) is 5.92 Å². The van der Waals surface area contributed by atoms with Crippen LogP contribution in [0.4, 0.5) is 0 Å². The molecule has 1 saturated carbocycles. The lowest BCUT2D eigenvalue weighted by molar-refractivity contribution is -0.141. The van der Waals surface area contributed by atoms with Gasteiger partial charge in [-0.25, -0.2) is 0 Å². The van der Waals surface area contributed by atoms with Crippen LogP contribution < -0.4 is 10.1 Å². The van der Waals surface area contributed by atoms with Crippen molar-refractivity contribution in [1.29, 1.82) is 0 Å². The minimum Gasteiger partial charge on any atom is -0.497 e. The van der Waals surface area contributed by atoms with Crippen molar-refractivity contribution in [2.24, 2.45) is 11.8 Å². The van der Waals surface area contributed by atoms with E-state index in [0.717, 1.165) is 11.3 Å². The fraction of sp³-hybridized carbons (Fsp3) is 0.500. The molecule has 0 bridgehead atoms. The van der Waals surface area contributed by atoms with E-state index in [4.69, 9.17) is 9.84 Å². The van der Waals surface area contributed by atoms with Crippen LogP contribution in [0, 0.1) is 11.8 Å². The van der Waals surface area contributed by atoms with Crippen LogP contribution >= 0.6 is 0 Å². The fourth-order valence-electron chi connectivity index (χ4n) is 2.77. The van der Waals surface area contributed by atoms with Gasteiger partial charge in [0.2, 0.25) is 5.91 Å². The average Bonchev–Trinajstić information content (AvgIpc) is 2.97. The van der Waals surface area contributed by atoms with Crippen molar-refractivity contribution in [2.45, 2.75) is 32.2 Å². The number of amides is 1. The summed E-state index contributed by atoms with van der Waals surface area (Å²) in [5.74, 6) is -0.687. The number of carboxylic acid groups (broad SMARTS) is 1. The summed E-state index contributed by atoms with van der Waals surface area (Å²) in [6.45, 7) is 1.91. The molecular formula is C16H21NO4. The third-order valence-corrected chi connectivity index (χ3v) is 4.11. The maximum absolute atomic E-state index is 12.2. The average molecular weight is 291 g/mol. The molecule has 5 heteroatoms. The monoisotopic (exact) mass is 291 g/mol.